The van der Waals surface area contributed by atoms with Crippen LogP contribution < -0.4 is 5.32 Å². The van der Waals surface area contributed by atoms with Gasteiger partial charge in [0.1, 0.15) is 11.9 Å². The van der Waals surface area contributed by atoms with Gasteiger partial charge in [-0.25, -0.2) is 0 Å². The van der Waals surface area contributed by atoms with Crippen LogP contribution >= 0.6 is 34.8 Å². The van der Waals surface area contributed by atoms with Gasteiger partial charge in [0.05, 0.1) is 0 Å². The quantitative estimate of drug-likeness (QED) is 0.454. The average Bonchev–Trinajstić information content (AvgIpc) is 2.79. The van der Waals surface area contributed by atoms with Crippen molar-refractivity contribution in [3.05, 3.63) is 69.7 Å². The fourth-order valence-electron chi connectivity index (χ4n) is 4.36. The Morgan fingerprint density at radius 3 is 2.34 bits per heavy atom. The van der Waals surface area contributed by atoms with E-state index in [2.05, 4.69) is 12.2 Å². The van der Waals surface area contributed by atoms with E-state index in [4.69, 9.17) is 34.8 Å². The Kier molecular flexibility index (Phi) is 9.27. The minimum atomic E-state index is -0.869. The SMILES string of the molecule is C[C@@H]1CCCC[C@@H]1NC(=O)[C@H](c1ccccc1Cl)N(CCc1ccccc1Cl)C(=O)CCl. The number of amides is 2. The summed E-state index contributed by atoms with van der Waals surface area (Å²) < 4.78 is 0. The summed E-state index contributed by atoms with van der Waals surface area (Å²) >= 11 is 18.8. The number of halogens is 3. The zero-order valence-electron chi connectivity index (χ0n) is 18.2. The molecule has 2 aromatic rings. The maximum atomic E-state index is 13.6. The van der Waals surface area contributed by atoms with Gasteiger partial charge < -0.3 is 10.2 Å². The number of rotatable bonds is 8. The van der Waals surface area contributed by atoms with Crippen LogP contribution in [-0.4, -0.2) is 35.2 Å². The number of nitrogens with one attached hydrogen (secondary N) is 1. The molecule has 7 heteroatoms. The lowest BCUT2D eigenvalue weighted by atomic mass is 9.85. The third-order valence-corrected chi connectivity index (χ3v) is 7.16. The van der Waals surface area contributed by atoms with Gasteiger partial charge in [0.25, 0.3) is 0 Å². The molecule has 2 amide bonds. The molecule has 32 heavy (non-hydrogen) atoms. The van der Waals surface area contributed by atoms with Crippen molar-refractivity contribution in [2.75, 3.05) is 12.4 Å². The van der Waals surface area contributed by atoms with Crippen LogP contribution in [0, 0.1) is 5.92 Å². The molecular weight excluding hydrogens is 467 g/mol. The first-order chi connectivity index (χ1) is 15.4. The Morgan fingerprint density at radius 1 is 1.03 bits per heavy atom. The van der Waals surface area contributed by atoms with Crippen LogP contribution in [-0.2, 0) is 16.0 Å². The lowest BCUT2D eigenvalue weighted by molar-refractivity contribution is -0.139. The summed E-state index contributed by atoms with van der Waals surface area (Å²) in [6, 6.07) is 13.9. The summed E-state index contributed by atoms with van der Waals surface area (Å²) in [6.45, 7) is 2.45. The van der Waals surface area contributed by atoms with Crippen LogP contribution in [0.3, 0.4) is 0 Å². The van der Waals surface area contributed by atoms with Gasteiger partial charge in [-0.05, 0) is 42.9 Å². The molecule has 2 aromatic carbocycles. The normalized spacial score (nSPS) is 19.2. The van der Waals surface area contributed by atoms with Gasteiger partial charge in [-0.2, -0.15) is 0 Å². The molecule has 1 fully saturated rings. The van der Waals surface area contributed by atoms with Crippen molar-refractivity contribution >= 4 is 46.6 Å². The van der Waals surface area contributed by atoms with E-state index < -0.39 is 6.04 Å². The highest BCUT2D eigenvalue weighted by atomic mass is 35.5. The Hall–Kier alpha value is -1.75. The first-order valence-electron chi connectivity index (χ1n) is 11.1. The molecule has 0 radical (unpaired) electrons. The summed E-state index contributed by atoms with van der Waals surface area (Å²) in [7, 11) is 0. The third-order valence-electron chi connectivity index (χ3n) is 6.21. The Morgan fingerprint density at radius 2 is 1.69 bits per heavy atom. The predicted molar refractivity (Wildman–Crippen MR) is 131 cm³/mol. The van der Waals surface area contributed by atoms with Gasteiger partial charge in [0.15, 0.2) is 0 Å². The molecule has 4 nitrogen and oxygen atoms in total. The van der Waals surface area contributed by atoms with Crippen molar-refractivity contribution in [1.29, 1.82) is 0 Å². The molecule has 1 aliphatic rings. The zero-order valence-corrected chi connectivity index (χ0v) is 20.5. The van der Waals surface area contributed by atoms with E-state index in [1.165, 1.54) is 11.3 Å². The maximum absolute atomic E-state index is 13.6. The maximum Gasteiger partial charge on any atom is 0.247 e. The van der Waals surface area contributed by atoms with Crippen LogP contribution in [0.15, 0.2) is 48.5 Å². The average molecular weight is 496 g/mol. The van der Waals surface area contributed by atoms with E-state index in [-0.39, 0.29) is 23.7 Å². The van der Waals surface area contributed by atoms with E-state index in [0.717, 1.165) is 24.8 Å². The minimum Gasteiger partial charge on any atom is -0.351 e. The third kappa shape index (κ3) is 6.18. The molecule has 0 unspecified atom stereocenters. The zero-order chi connectivity index (χ0) is 23.1. The second-order valence-electron chi connectivity index (χ2n) is 8.36. The molecule has 0 heterocycles. The second kappa shape index (κ2) is 11.9. The summed E-state index contributed by atoms with van der Waals surface area (Å²) in [5.74, 6) is -0.388. The molecule has 0 bridgehead atoms. The largest absolute Gasteiger partial charge is 0.351 e. The number of alkyl halides is 1. The monoisotopic (exact) mass is 494 g/mol. The molecule has 3 rings (SSSR count). The lowest BCUT2D eigenvalue weighted by Crippen LogP contribution is -2.49. The molecule has 0 aliphatic heterocycles. The highest BCUT2D eigenvalue weighted by molar-refractivity contribution is 6.32. The van der Waals surface area contributed by atoms with Crippen LogP contribution in [0.4, 0.5) is 0 Å². The molecule has 1 N–H and O–H groups in total. The van der Waals surface area contributed by atoms with Gasteiger partial charge in [-0.1, -0.05) is 79.4 Å². The summed E-state index contributed by atoms with van der Waals surface area (Å²) in [6.07, 6.45) is 4.78. The first kappa shape index (κ1) is 24.9. The van der Waals surface area contributed by atoms with Crippen molar-refractivity contribution < 1.29 is 9.59 Å². The van der Waals surface area contributed by atoms with E-state index in [9.17, 15) is 9.59 Å². The van der Waals surface area contributed by atoms with Gasteiger partial charge in [0.2, 0.25) is 11.8 Å². The predicted octanol–water partition coefficient (Wildman–Crippen LogP) is 6.04. The number of benzene rings is 2. The molecule has 0 aromatic heterocycles. The van der Waals surface area contributed by atoms with Gasteiger partial charge in [0, 0.05) is 28.2 Å². The molecule has 0 spiro atoms. The standard InChI is InChI=1S/C25H29Cl3N2O2/c1-17-8-2-7-13-22(17)29-25(32)24(19-10-4-6-12-21(19)28)30(23(31)16-26)15-14-18-9-3-5-11-20(18)27/h3-6,9-12,17,22,24H,2,7-8,13-16H2,1H3,(H,29,32)/t17-,22+,24+/m1/s1. The van der Waals surface area contributed by atoms with Crippen molar-refractivity contribution in [2.45, 2.75) is 51.1 Å². The summed E-state index contributed by atoms with van der Waals surface area (Å²) in [4.78, 5) is 28.1. The van der Waals surface area contributed by atoms with Gasteiger partial charge >= 0.3 is 0 Å². The van der Waals surface area contributed by atoms with Crippen LogP contribution in [0.2, 0.25) is 10.0 Å². The first-order valence-corrected chi connectivity index (χ1v) is 12.3. The smallest absolute Gasteiger partial charge is 0.247 e. The van der Waals surface area contributed by atoms with Crippen molar-refractivity contribution in [3.8, 4) is 0 Å². The summed E-state index contributed by atoms with van der Waals surface area (Å²) in [5, 5.41) is 4.27. The second-order valence-corrected chi connectivity index (χ2v) is 9.44. The van der Waals surface area contributed by atoms with Crippen LogP contribution in [0.25, 0.3) is 0 Å². The fraction of sp³-hybridized carbons (Fsp3) is 0.440. The van der Waals surface area contributed by atoms with Crippen molar-refractivity contribution in [3.63, 3.8) is 0 Å². The van der Waals surface area contributed by atoms with E-state index in [1.54, 1.807) is 12.1 Å². The molecule has 0 saturated heterocycles. The molecule has 1 saturated carbocycles. The van der Waals surface area contributed by atoms with Crippen LogP contribution in [0.1, 0.15) is 49.8 Å². The lowest BCUT2D eigenvalue weighted by Gasteiger charge is -2.35. The highest BCUT2D eigenvalue weighted by Crippen LogP contribution is 2.31. The van der Waals surface area contributed by atoms with E-state index in [0.29, 0.717) is 34.5 Å². The summed E-state index contributed by atoms with van der Waals surface area (Å²) in [5.41, 5.74) is 1.49. The van der Waals surface area contributed by atoms with Gasteiger partial charge in [-0.3, -0.25) is 9.59 Å². The van der Waals surface area contributed by atoms with Crippen molar-refractivity contribution in [2.24, 2.45) is 5.92 Å². The molecule has 172 valence electrons. The topological polar surface area (TPSA) is 49.4 Å². The van der Waals surface area contributed by atoms with Crippen LogP contribution in [0.5, 0.6) is 0 Å². The highest BCUT2D eigenvalue weighted by Gasteiger charge is 2.34. The molecular formula is C25H29Cl3N2O2. The number of hydrogen-bond acceptors (Lipinski definition) is 2. The minimum absolute atomic E-state index is 0.0813. The molecule has 1 aliphatic carbocycles. The Bertz CT molecular complexity index is 937. The molecule has 3 atom stereocenters. The Balaban J connectivity index is 1.92. The van der Waals surface area contributed by atoms with E-state index >= 15 is 0 Å². The van der Waals surface area contributed by atoms with Gasteiger partial charge in [-0.15, -0.1) is 11.6 Å². The number of carbonyl (C=O) groups excluding carboxylic acids is 2. The fourth-order valence-corrected chi connectivity index (χ4v) is 4.98. The van der Waals surface area contributed by atoms with Crippen molar-refractivity contribution in [1.82, 2.24) is 10.2 Å². The number of carbonyl (C=O) groups is 2. The van der Waals surface area contributed by atoms with E-state index in [1.807, 2.05) is 36.4 Å². The number of nitrogens with zero attached hydrogens (tertiary/aromatic N) is 1. The Labute approximate surface area is 205 Å². The number of hydrogen-bond donors (Lipinski definition) is 1.